The van der Waals surface area contributed by atoms with E-state index in [0.29, 0.717) is 25.2 Å². The Morgan fingerprint density at radius 1 is 1.03 bits per heavy atom. The molecule has 1 saturated heterocycles. The summed E-state index contributed by atoms with van der Waals surface area (Å²) in [7, 11) is 5.50. The molecule has 0 saturated carbocycles. The van der Waals surface area contributed by atoms with Gasteiger partial charge in [-0.05, 0) is 37.3 Å². The number of piperazine rings is 1. The molecule has 0 radical (unpaired) electrons. The predicted molar refractivity (Wildman–Crippen MR) is 126 cm³/mol. The molecule has 3 aromatic rings. The molecule has 1 fully saturated rings. The quantitative estimate of drug-likeness (QED) is 0.685. The zero-order valence-corrected chi connectivity index (χ0v) is 19.1. The maximum Gasteiger partial charge on any atom is 0.321 e. The summed E-state index contributed by atoms with van der Waals surface area (Å²) in [6.07, 6.45) is 0. The fourth-order valence-corrected chi connectivity index (χ4v) is 3.93. The van der Waals surface area contributed by atoms with E-state index in [0.717, 1.165) is 35.6 Å². The summed E-state index contributed by atoms with van der Waals surface area (Å²) >= 11 is 0. The molecule has 0 unspecified atom stereocenters. The van der Waals surface area contributed by atoms with Gasteiger partial charge in [0, 0.05) is 58.6 Å². The van der Waals surface area contributed by atoms with Gasteiger partial charge in [-0.3, -0.25) is 9.69 Å². The Kier molecular flexibility index (Phi) is 6.14. The van der Waals surface area contributed by atoms with Crippen LogP contribution in [0.15, 0.2) is 42.5 Å². The highest BCUT2D eigenvalue weighted by molar-refractivity contribution is 5.97. The van der Waals surface area contributed by atoms with Gasteiger partial charge in [0.15, 0.2) is 0 Å². The molecule has 2 aromatic carbocycles. The van der Waals surface area contributed by atoms with Crippen molar-refractivity contribution in [1.82, 2.24) is 24.3 Å². The monoisotopic (exact) mass is 434 g/mol. The summed E-state index contributed by atoms with van der Waals surface area (Å²) in [4.78, 5) is 35.3. The number of imidazole rings is 1. The second-order valence-electron chi connectivity index (χ2n) is 8.55. The molecule has 2 heterocycles. The minimum atomic E-state index is -0.0608. The molecule has 168 valence electrons. The van der Waals surface area contributed by atoms with E-state index in [9.17, 15) is 9.59 Å². The van der Waals surface area contributed by atoms with E-state index in [1.807, 2.05) is 61.3 Å². The maximum absolute atomic E-state index is 12.6. The number of hydrogen-bond donors (Lipinski definition) is 1. The van der Waals surface area contributed by atoms with Crippen molar-refractivity contribution in [2.24, 2.45) is 7.05 Å². The van der Waals surface area contributed by atoms with E-state index in [-0.39, 0.29) is 11.9 Å². The number of rotatable bonds is 4. The van der Waals surface area contributed by atoms with Crippen molar-refractivity contribution in [3.63, 3.8) is 0 Å². The van der Waals surface area contributed by atoms with Gasteiger partial charge in [0.2, 0.25) is 0 Å². The molecular formula is C24H30N6O2. The number of aromatic nitrogens is 2. The fourth-order valence-electron chi connectivity index (χ4n) is 3.93. The number of carbonyl (C=O) groups is 2. The molecule has 32 heavy (non-hydrogen) atoms. The molecule has 0 bridgehead atoms. The summed E-state index contributed by atoms with van der Waals surface area (Å²) in [5, 5.41) is 2.97. The van der Waals surface area contributed by atoms with Crippen molar-refractivity contribution in [1.29, 1.82) is 0 Å². The number of anilines is 1. The Bertz CT molecular complexity index is 1130. The van der Waals surface area contributed by atoms with Crippen LogP contribution >= 0.6 is 0 Å². The number of urea groups is 1. The summed E-state index contributed by atoms with van der Waals surface area (Å²) < 4.78 is 2.08. The van der Waals surface area contributed by atoms with Gasteiger partial charge < -0.3 is 19.7 Å². The van der Waals surface area contributed by atoms with Crippen LogP contribution in [0.2, 0.25) is 0 Å². The maximum atomic E-state index is 12.6. The van der Waals surface area contributed by atoms with Crippen molar-refractivity contribution < 1.29 is 9.59 Å². The van der Waals surface area contributed by atoms with Crippen LogP contribution in [0.1, 0.15) is 21.7 Å². The van der Waals surface area contributed by atoms with Crippen LogP contribution in [0.4, 0.5) is 10.5 Å². The highest BCUT2D eigenvalue weighted by atomic mass is 16.2. The molecule has 1 aliphatic heterocycles. The zero-order valence-electron chi connectivity index (χ0n) is 19.1. The second-order valence-corrected chi connectivity index (χ2v) is 8.55. The molecule has 0 aliphatic carbocycles. The fraction of sp³-hybridized carbons (Fsp3) is 0.375. The van der Waals surface area contributed by atoms with Gasteiger partial charge in [-0.2, -0.15) is 0 Å². The normalized spacial score (nSPS) is 14.6. The topological polar surface area (TPSA) is 73.7 Å². The van der Waals surface area contributed by atoms with Crippen LogP contribution in [-0.2, 0) is 13.6 Å². The molecule has 3 amide bonds. The average Bonchev–Trinajstić information content (AvgIpc) is 3.09. The third-order valence-corrected chi connectivity index (χ3v) is 5.95. The Morgan fingerprint density at radius 2 is 1.72 bits per heavy atom. The van der Waals surface area contributed by atoms with Crippen molar-refractivity contribution >= 4 is 28.7 Å². The molecule has 8 nitrogen and oxygen atoms in total. The van der Waals surface area contributed by atoms with Crippen LogP contribution in [0.5, 0.6) is 0 Å². The third-order valence-electron chi connectivity index (χ3n) is 5.95. The number of hydrogen-bond acceptors (Lipinski definition) is 4. The number of fused-ring (bicyclic) bond motifs is 1. The standard InChI is InChI=1S/C24H30N6O2/c1-17-5-8-19(9-6-17)25-24(32)30-13-11-29(12-14-30)16-22-26-20-15-18(23(31)27(2)3)7-10-21(20)28(22)4/h5-10,15H,11-14,16H2,1-4H3,(H,25,32). The van der Waals surface area contributed by atoms with Crippen LogP contribution in [0.25, 0.3) is 11.0 Å². The van der Waals surface area contributed by atoms with Crippen LogP contribution in [0, 0.1) is 6.92 Å². The molecule has 8 heteroatoms. The number of benzene rings is 2. The third kappa shape index (κ3) is 4.60. The van der Waals surface area contributed by atoms with Gasteiger partial charge >= 0.3 is 6.03 Å². The first-order valence-corrected chi connectivity index (χ1v) is 10.8. The van der Waals surface area contributed by atoms with Gasteiger partial charge in [0.25, 0.3) is 5.91 Å². The first-order valence-electron chi connectivity index (χ1n) is 10.8. The summed E-state index contributed by atoms with van der Waals surface area (Å²) in [5.74, 6) is 0.922. The minimum Gasteiger partial charge on any atom is -0.345 e. The molecule has 1 aliphatic rings. The van der Waals surface area contributed by atoms with Crippen molar-refractivity contribution in [2.45, 2.75) is 13.5 Å². The summed E-state index contributed by atoms with van der Waals surface area (Å²) in [6, 6.07) is 13.4. The van der Waals surface area contributed by atoms with E-state index in [4.69, 9.17) is 4.98 Å². The zero-order chi connectivity index (χ0) is 22.8. The lowest BCUT2D eigenvalue weighted by molar-refractivity contribution is 0.0827. The predicted octanol–water partition coefficient (Wildman–Crippen LogP) is 2.93. The van der Waals surface area contributed by atoms with Gasteiger partial charge in [-0.25, -0.2) is 9.78 Å². The number of nitrogens with one attached hydrogen (secondary N) is 1. The number of nitrogens with zero attached hydrogens (tertiary/aromatic N) is 5. The van der Waals surface area contributed by atoms with Crippen molar-refractivity contribution in [3.05, 3.63) is 59.4 Å². The van der Waals surface area contributed by atoms with Crippen LogP contribution in [0.3, 0.4) is 0 Å². The first-order chi connectivity index (χ1) is 15.3. The number of carbonyl (C=O) groups excluding carboxylic acids is 2. The van der Waals surface area contributed by atoms with Crippen LogP contribution < -0.4 is 5.32 Å². The first kappa shape index (κ1) is 21.8. The van der Waals surface area contributed by atoms with Crippen molar-refractivity contribution in [3.8, 4) is 0 Å². The lowest BCUT2D eigenvalue weighted by Gasteiger charge is -2.34. The lowest BCUT2D eigenvalue weighted by atomic mass is 10.2. The Morgan fingerprint density at radius 3 is 2.38 bits per heavy atom. The van der Waals surface area contributed by atoms with Gasteiger partial charge in [0.05, 0.1) is 17.6 Å². The van der Waals surface area contributed by atoms with E-state index >= 15 is 0 Å². The second kappa shape index (κ2) is 9.00. The smallest absolute Gasteiger partial charge is 0.321 e. The summed E-state index contributed by atoms with van der Waals surface area (Å²) in [6.45, 7) is 5.64. The molecule has 0 spiro atoms. The van der Waals surface area contributed by atoms with Gasteiger partial charge in [0.1, 0.15) is 5.82 Å². The van der Waals surface area contributed by atoms with E-state index in [2.05, 4.69) is 14.8 Å². The largest absolute Gasteiger partial charge is 0.345 e. The minimum absolute atomic E-state index is 0.0286. The molecule has 0 atom stereocenters. The Hall–Kier alpha value is -3.39. The lowest BCUT2D eigenvalue weighted by Crippen LogP contribution is -2.49. The molecule has 4 rings (SSSR count). The van der Waals surface area contributed by atoms with Crippen molar-refractivity contribution in [2.75, 3.05) is 45.6 Å². The Labute approximate surface area is 188 Å². The van der Waals surface area contributed by atoms with E-state index in [1.165, 1.54) is 5.56 Å². The molecule has 1 aromatic heterocycles. The molecule has 1 N–H and O–H groups in total. The van der Waals surface area contributed by atoms with Crippen LogP contribution in [-0.4, -0.2) is 76.5 Å². The van der Waals surface area contributed by atoms with E-state index < -0.39 is 0 Å². The average molecular weight is 435 g/mol. The highest BCUT2D eigenvalue weighted by Gasteiger charge is 2.23. The summed E-state index contributed by atoms with van der Waals surface area (Å²) in [5.41, 5.74) is 4.45. The number of aryl methyl sites for hydroxylation is 2. The van der Waals surface area contributed by atoms with Gasteiger partial charge in [-0.15, -0.1) is 0 Å². The van der Waals surface area contributed by atoms with E-state index in [1.54, 1.807) is 19.0 Å². The van der Waals surface area contributed by atoms with Gasteiger partial charge in [-0.1, -0.05) is 17.7 Å². The number of amides is 3. The molecular weight excluding hydrogens is 404 g/mol. The highest BCUT2D eigenvalue weighted by Crippen LogP contribution is 2.19. The Balaban J connectivity index is 1.37. The SMILES string of the molecule is Cc1ccc(NC(=O)N2CCN(Cc3nc4cc(C(=O)N(C)C)ccc4n3C)CC2)cc1.